The van der Waals surface area contributed by atoms with Gasteiger partial charge >= 0.3 is 5.97 Å². The van der Waals surface area contributed by atoms with Crippen molar-refractivity contribution < 1.29 is 14.3 Å². The molecule has 1 rings (SSSR count). The molecule has 0 bridgehead atoms. The molecule has 1 aromatic rings. The third-order valence-corrected chi connectivity index (χ3v) is 1.76. The Kier molecular flexibility index (Phi) is 3.80. The molecule has 0 spiro atoms. The first-order valence-electron chi connectivity index (χ1n) is 4.54. The predicted molar refractivity (Wildman–Crippen MR) is 57.0 cm³/mol. The fraction of sp³-hybridized carbons (Fsp3) is 0.167. The molecule has 15 heavy (non-hydrogen) atoms. The van der Waals surface area contributed by atoms with Gasteiger partial charge in [-0.05, 0) is 18.6 Å². The van der Waals surface area contributed by atoms with Crippen molar-refractivity contribution in [2.24, 2.45) is 0 Å². The highest BCUT2D eigenvalue weighted by Crippen LogP contribution is 2.08. The quantitative estimate of drug-likeness (QED) is 0.328. The van der Waals surface area contributed by atoms with Crippen LogP contribution >= 0.6 is 0 Å². The Hall–Kier alpha value is -1.90. The summed E-state index contributed by atoms with van der Waals surface area (Å²) in [6, 6.07) is 7.54. The topological polar surface area (TPSA) is 43.4 Å². The number of carbonyl (C=O) groups excluding carboxylic acids is 2. The van der Waals surface area contributed by atoms with Gasteiger partial charge in [0.05, 0.1) is 0 Å². The average Bonchev–Trinajstić information content (AvgIpc) is 2.19. The summed E-state index contributed by atoms with van der Waals surface area (Å²) in [7, 11) is 0. The molecule has 3 heteroatoms. The summed E-state index contributed by atoms with van der Waals surface area (Å²) in [6.45, 7) is 3.23. The van der Waals surface area contributed by atoms with Gasteiger partial charge in [0.2, 0.25) is 0 Å². The van der Waals surface area contributed by atoms with Crippen molar-refractivity contribution in [2.75, 3.05) is 0 Å². The van der Waals surface area contributed by atoms with Crippen LogP contribution in [0.15, 0.2) is 30.0 Å². The first-order valence-corrected chi connectivity index (χ1v) is 4.54. The Morgan fingerprint density at radius 2 is 1.87 bits per heavy atom. The summed E-state index contributed by atoms with van der Waals surface area (Å²) in [5.74, 6) is -0.480. The van der Waals surface area contributed by atoms with Gasteiger partial charge in [-0.2, -0.15) is 0 Å². The lowest BCUT2D eigenvalue weighted by atomic mass is 10.1. The molecule has 0 saturated carbocycles. The van der Waals surface area contributed by atoms with Crippen LogP contribution in [-0.2, 0) is 14.3 Å². The summed E-state index contributed by atoms with van der Waals surface area (Å²) in [6.07, 6.45) is 2.04. The zero-order chi connectivity index (χ0) is 11.3. The maximum Gasteiger partial charge on any atom is 0.308 e. The summed E-state index contributed by atoms with van der Waals surface area (Å²) in [5.41, 5.74) is 1.95. The van der Waals surface area contributed by atoms with Crippen LogP contribution in [0.3, 0.4) is 0 Å². The Morgan fingerprint density at radius 1 is 1.27 bits per heavy atom. The van der Waals surface area contributed by atoms with Crippen LogP contribution in [0.25, 0.3) is 6.08 Å². The average molecular weight is 204 g/mol. The van der Waals surface area contributed by atoms with Crippen molar-refractivity contribution in [3.63, 3.8) is 0 Å². The number of carbonyl (C=O) groups is 2. The minimum Gasteiger partial charge on any atom is -0.423 e. The molecule has 0 amide bonds. The van der Waals surface area contributed by atoms with Crippen molar-refractivity contribution in [2.45, 2.75) is 13.8 Å². The maximum atomic E-state index is 10.6. The second kappa shape index (κ2) is 5.10. The van der Waals surface area contributed by atoms with Crippen molar-refractivity contribution >= 4 is 18.3 Å². The monoisotopic (exact) mass is 204 g/mol. The molecule has 0 aliphatic rings. The van der Waals surface area contributed by atoms with Crippen LogP contribution in [0.1, 0.15) is 18.1 Å². The van der Waals surface area contributed by atoms with E-state index in [2.05, 4.69) is 4.74 Å². The predicted octanol–water partition coefficient (Wildman–Crippen LogP) is 2.10. The van der Waals surface area contributed by atoms with Gasteiger partial charge in [-0.3, -0.25) is 9.59 Å². The van der Waals surface area contributed by atoms with Crippen LogP contribution < -0.4 is 0 Å². The van der Waals surface area contributed by atoms with Gasteiger partial charge in [-0.1, -0.05) is 29.8 Å². The van der Waals surface area contributed by atoms with E-state index >= 15 is 0 Å². The van der Waals surface area contributed by atoms with E-state index in [-0.39, 0.29) is 5.76 Å². The van der Waals surface area contributed by atoms with Crippen molar-refractivity contribution in [1.29, 1.82) is 0 Å². The number of aldehydes is 1. The molecule has 0 saturated heterocycles. The van der Waals surface area contributed by atoms with Crippen LogP contribution in [-0.4, -0.2) is 12.3 Å². The van der Waals surface area contributed by atoms with E-state index in [0.717, 1.165) is 11.1 Å². The van der Waals surface area contributed by atoms with Crippen LogP contribution in [0.2, 0.25) is 0 Å². The number of hydrogen-bond acceptors (Lipinski definition) is 3. The summed E-state index contributed by atoms with van der Waals surface area (Å²) in [4.78, 5) is 21.2. The fourth-order valence-corrected chi connectivity index (χ4v) is 1.08. The lowest BCUT2D eigenvalue weighted by Gasteiger charge is -1.99. The van der Waals surface area contributed by atoms with E-state index in [4.69, 9.17) is 0 Å². The molecule has 0 aliphatic carbocycles. The van der Waals surface area contributed by atoms with Crippen LogP contribution in [0.5, 0.6) is 0 Å². The SMILES string of the molecule is CC(=O)O/C(C=O)=C\c1ccc(C)cc1. The molecule has 0 atom stereocenters. The van der Waals surface area contributed by atoms with Crippen molar-refractivity contribution in [3.8, 4) is 0 Å². The third kappa shape index (κ3) is 3.77. The van der Waals surface area contributed by atoms with E-state index in [9.17, 15) is 9.59 Å². The lowest BCUT2D eigenvalue weighted by molar-refractivity contribution is -0.138. The number of aryl methyl sites for hydroxylation is 1. The van der Waals surface area contributed by atoms with Crippen molar-refractivity contribution in [3.05, 3.63) is 41.2 Å². The second-order valence-corrected chi connectivity index (χ2v) is 3.17. The van der Waals surface area contributed by atoms with E-state index in [1.807, 2.05) is 31.2 Å². The number of ether oxygens (including phenoxy) is 1. The smallest absolute Gasteiger partial charge is 0.308 e. The van der Waals surface area contributed by atoms with E-state index < -0.39 is 5.97 Å². The van der Waals surface area contributed by atoms with Gasteiger partial charge in [-0.25, -0.2) is 0 Å². The van der Waals surface area contributed by atoms with E-state index in [1.54, 1.807) is 0 Å². The molecule has 1 aromatic carbocycles. The molecule has 0 N–H and O–H groups in total. The molecular formula is C12H12O3. The molecule has 3 nitrogen and oxygen atoms in total. The normalized spacial score (nSPS) is 10.9. The molecule has 0 aliphatic heterocycles. The number of hydrogen-bond donors (Lipinski definition) is 0. The van der Waals surface area contributed by atoms with Gasteiger partial charge in [-0.15, -0.1) is 0 Å². The highest BCUT2D eigenvalue weighted by atomic mass is 16.5. The largest absolute Gasteiger partial charge is 0.423 e. The van der Waals surface area contributed by atoms with Gasteiger partial charge in [0.15, 0.2) is 12.0 Å². The Morgan fingerprint density at radius 3 is 2.33 bits per heavy atom. The van der Waals surface area contributed by atoms with Gasteiger partial charge < -0.3 is 4.74 Å². The number of rotatable bonds is 3. The Labute approximate surface area is 88.4 Å². The highest BCUT2D eigenvalue weighted by Gasteiger charge is 2.00. The molecule has 0 heterocycles. The first-order chi connectivity index (χ1) is 7.11. The molecule has 0 aromatic heterocycles. The van der Waals surface area contributed by atoms with Crippen LogP contribution in [0.4, 0.5) is 0 Å². The van der Waals surface area contributed by atoms with E-state index in [1.165, 1.54) is 13.0 Å². The third-order valence-electron chi connectivity index (χ3n) is 1.76. The zero-order valence-corrected chi connectivity index (χ0v) is 8.69. The first kappa shape index (κ1) is 11.2. The van der Waals surface area contributed by atoms with E-state index in [0.29, 0.717) is 6.29 Å². The Balaban J connectivity index is 2.87. The van der Waals surface area contributed by atoms with Crippen molar-refractivity contribution in [1.82, 2.24) is 0 Å². The standard InChI is InChI=1S/C12H12O3/c1-9-3-5-11(6-4-9)7-12(8-13)15-10(2)14/h3-8H,1-2H3/b12-7-. The Bertz CT molecular complexity index is 388. The number of esters is 1. The highest BCUT2D eigenvalue weighted by molar-refractivity contribution is 5.83. The lowest BCUT2D eigenvalue weighted by Crippen LogP contribution is -1.99. The number of allylic oxidation sites excluding steroid dienone is 1. The summed E-state index contributed by atoms with van der Waals surface area (Å²) in [5, 5.41) is 0. The van der Waals surface area contributed by atoms with Crippen LogP contribution in [0, 0.1) is 6.92 Å². The maximum absolute atomic E-state index is 10.6. The minimum absolute atomic E-state index is 0.0198. The molecule has 0 radical (unpaired) electrons. The summed E-state index contributed by atoms with van der Waals surface area (Å²) < 4.78 is 4.69. The molecular weight excluding hydrogens is 192 g/mol. The number of benzene rings is 1. The van der Waals surface area contributed by atoms with Gasteiger partial charge in [0, 0.05) is 6.92 Å². The second-order valence-electron chi connectivity index (χ2n) is 3.17. The fourth-order valence-electron chi connectivity index (χ4n) is 1.08. The van der Waals surface area contributed by atoms with Gasteiger partial charge in [0.1, 0.15) is 0 Å². The minimum atomic E-state index is -0.500. The zero-order valence-electron chi connectivity index (χ0n) is 8.69. The molecule has 78 valence electrons. The molecule has 0 unspecified atom stereocenters. The molecule has 0 fully saturated rings. The van der Waals surface area contributed by atoms with Gasteiger partial charge in [0.25, 0.3) is 0 Å². The summed E-state index contributed by atoms with van der Waals surface area (Å²) >= 11 is 0.